The van der Waals surface area contributed by atoms with Crippen LogP contribution in [-0.2, 0) is 9.59 Å². The summed E-state index contributed by atoms with van der Waals surface area (Å²) in [6.45, 7) is 0. The predicted molar refractivity (Wildman–Crippen MR) is 78.7 cm³/mol. The fourth-order valence-electron chi connectivity index (χ4n) is 3.75. The molecule has 0 unspecified atom stereocenters. The first-order valence-corrected chi connectivity index (χ1v) is 7.52. The van der Waals surface area contributed by atoms with Crippen LogP contribution in [-0.4, -0.2) is 22.0 Å². The highest BCUT2D eigenvalue weighted by molar-refractivity contribution is 6.24. The van der Waals surface area contributed by atoms with Gasteiger partial charge in [-0.05, 0) is 25.0 Å². The van der Waals surface area contributed by atoms with Crippen molar-refractivity contribution in [3.63, 3.8) is 0 Å². The number of benzene rings is 1. The van der Waals surface area contributed by atoms with E-state index in [2.05, 4.69) is 10.2 Å². The van der Waals surface area contributed by atoms with Gasteiger partial charge in [0.1, 0.15) is 0 Å². The monoisotopic (exact) mass is 283 g/mol. The van der Waals surface area contributed by atoms with E-state index in [9.17, 15) is 9.59 Å². The Morgan fingerprint density at radius 2 is 1.86 bits per heavy atom. The van der Waals surface area contributed by atoms with Crippen LogP contribution >= 0.6 is 0 Å². The van der Waals surface area contributed by atoms with Crippen molar-refractivity contribution in [1.29, 1.82) is 0 Å². The Labute approximate surface area is 122 Å². The van der Waals surface area contributed by atoms with Gasteiger partial charge in [0.15, 0.2) is 5.82 Å². The summed E-state index contributed by atoms with van der Waals surface area (Å²) in [6, 6.07) is 7.58. The molecule has 2 aliphatic rings. The molecule has 0 bridgehead atoms. The molecule has 2 aromatic rings. The fraction of sp³-hybridized carbons (Fsp3) is 0.438. The highest BCUT2D eigenvalue weighted by Crippen LogP contribution is 2.46. The number of para-hydroxylation sites is 1. The number of rotatable bonds is 1. The van der Waals surface area contributed by atoms with Crippen molar-refractivity contribution in [3.05, 3.63) is 24.3 Å². The van der Waals surface area contributed by atoms with E-state index in [1.807, 2.05) is 24.3 Å². The van der Waals surface area contributed by atoms with E-state index in [4.69, 9.17) is 0 Å². The molecule has 21 heavy (non-hydrogen) atoms. The molecule has 2 amide bonds. The van der Waals surface area contributed by atoms with Crippen molar-refractivity contribution in [3.8, 4) is 0 Å². The van der Waals surface area contributed by atoms with Crippen molar-refractivity contribution >= 4 is 28.5 Å². The highest BCUT2D eigenvalue weighted by atomic mass is 16.2. The molecule has 1 saturated heterocycles. The third-order valence-electron chi connectivity index (χ3n) is 4.87. The molecule has 2 fully saturated rings. The number of nitrogens with zero attached hydrogens (tertiary/aromatic N) is 2. The Bertz CT molecular complexity index is 728. The molecule has 0 radical (unpaired) electrons. The minimum atomic E-state index is -0.463. The van der Waals surface area contributed by atoms with E-state index in [0.717, 1.165) is 43.0 Å². The summed E-state index contributed by atoms with van der Waals surface area (Å²) < 4.78 is 0. The third kappa shape index (κ3) is 1.73. The number of aromatic nitrogens is 2. The second-order valence-corrected chi connectivity index (χ2v) is 6.14. The summed E-state index contributed by atoms with van der Waals surface area (Å²) in [6.07, 6.45) is 5.23. The molecule has 1 spiro atoms. The molecule has 1 saturated carbocycles. The minimum absolute atomic E-state index is 0.0514. The second kappa shape index (κ2) is 4.41. The average molecular weight is 283 g/mol. The number of aromatic amines is 1. The van der Waals surface area contributed by atoms with Crippen molar-refractivity contribution in [2.75, 3.05) is 4.90 Å². The Morgan fingerprint density at radius 1 is 1.10 bits per heavy atom. The second-order valence-electron chi connectivity index (χ2n) is 6.14. The van der Waals surface area contributed by atoms with Crippen molar-refractivity contribution in [2.45, 2.75) is 38.5 Å². The van der Waals surface area contributed by atoms with Crippen LogP contribution in [0.15, 0.2) is 24.3 Å². The Morgan fingerprint density at radius 3 is 2.67 bits per heavy atom. The minimum Gasteiger partial charge on any atom is -0.276 e. The number of anilines is 1. The molecule has 1 aromatic heterocycles. The summed E-state index contributed by atoms with van der Waals surface area (Å²) in [7, 11) is 0. The van der Waals surface area contributed by atoms with Crippen LogP contribution < -0.4 is 4.90 Å². The van der Waals surface area contributed by atoms with Gasteiger partial charge >= 0.3 is 0 Å². The number of nitrogens with one attached hydrogen (secondary N) is 1. The van der Waals surface area contributed by atoms with Gasteiger partial charge in [-0.2, -0.15) is 5.10 Å². The fourth-order valence-corrected chi connectivity index (χ4v) is 3.75. The van der Waals surface area contributed by atoms with Crippen LogP contribution in [0, 0.1) is 5.41 Å². The molecule has 1 N–H and O–H groups in total. The maximum Gasteiger partial charge on any atom is 0.241 e. The Hall–Kier alpha value is -2.17. The van der Waals surface area contributed by atoms with Crippen molar-refractivity contribution in [1.82, 2.24) is 10.2 Å². The quantitative estimate of drug-likeness (QED) is 0.818. The molecular weight excluding hydrogens is 266 g/mol. The lowest BCUT2D eigenvalue weighted by Crippen LogP contribution is -2.37. The lowest BCUT2D eigenvalue weighted by molar-refractivity contribution is -0.127. The largest absolute Gasteiger partial charge is 0.276 e. The number of hydrogen-bond donors (Lipinski definition) is 1. The SMILES string of the molecule is O=C1CC2(CCCCC2)C(=O)N1c1n[nH]c2ccccc12. The summed E-state index contributed by atoms with van der Waals surface area (Å²) in [5.41, 5.74) is 0.382. The molecule has 1 aliphatic heterocycles. The standard InChI is InChI=1S/C16H17N3O2/c20-13-10-16(8-4-1-5-9-16)15(21)19(13)14-11-6-2-3-7-12(11)17-18-14/h2-3,6-7H,1,4-5,8-10H2,(H,17,18). The van der Waals surface area contributed by atoms with Gasteiger partial charge in [-0.3, -0.25) is 14.7 Å². The van der Waals surface area contributed by atoms with Gasteiger partial charge in [0, 0.05) is 11.8 Å². The van der Waals surface area contributed by atoms with Gasteiger partial charge in [-0.1, -0.05) is 31.4 Å². The molecule has 1 aliphatic carbocycles. The average Bonchev–Trinajstić information content (AvgIpc) is 3.01. The van der Waals surface area contributed by atoms with Crippen LogP contribution in [0.1, 0.15) is 38.5 Å². The van der Waals surface area contributed by atoms with E-state index in [1.54, 1.807) is 0 Å². The van der Waals surface area contributed by atoms with Gasteiger partial charge in [-0.15, -0.1) is 0 Å². The zero-order valence-electron chi connectivity index (χ0n) is 11.8. The normalized spacial score (nSPS) is 21.6. The zero-order chi connectivity index (χ0) is 14.4. The number of carbonyl (C=O) groups is 2. The number of fused-ring (bicyclic) bond motifs is 1. The number of amides is 2. The number of hydrogen-bond acceptors (Lipinski definition) is 3. The molecule has 108 valence electrons. The van der Waals surface area contributed by atoms with Crippen LogP contribution in [0.4, 0.5) is 5.82 Å². The molecule has 1 aromatic carbocycles. The van der Waals surface area contributed by atoms with E-state index in [1.165, 1.54) is 4.90 Å². The number of imide groups is 1. The van der Waals surface area contributed by atoms with Crippen LogP contribution in [0.5, 0.6) is 0 Å². The first-order chi connectivity index (χ1) is 10.2. The van der Waals surface area contributed by atoms with Gasteiger partial charge in [-0.25, -0.2) is 4.90 Å². The topological polar surface area (TPSA) is 66.1 Å². The number of H-pyrrole nitrogens is 1. The van der Waals surface area contributed by atoms with Crippen LogP contribution in [0.3, 0.4) is 0 Å². The van der Waals surface area contributed by atoms with Gasteiger partial charge in [0.25, 0.3) is 0 Å². The lowest BCUT2D eigenvalue weighted by Gasteiger charge is -2.30. The highest BCUT2D eigenvalue weighted by Gasteiger charge is 2.52. The molecule has 5 heteroatoms. The molecule has 0 atom stereocenters. The van der Waals surface area contributed by atoms with E-state index < -0.39 is 5.41 Å². The van der Waals surface area contributed by atoms with E-state index >= 15 is 0 Å². The maximum absolute atomic E-state index is 12.9. The maximum atomic E-state index is 12.9. The Balaban J connectivity index is 1.78. The lowest BCUT2D eigenvalue weighted by atomic mass is 9.73. The first-order valence-electron chi connectivity index (χ1n) is 7.52. The van der Waals surface area contributed by atoms with Gasteiger partial charge in [0.2, 0.25) is 11.8 Å². The van der Waals surface area contributed by atoms with Crippen molar-refractivity contribution < 1.29 is 9.59 Å². The molecular formula is C16H17N3O2. The predicted octanol–water partition coefficient (Wildman–Crippen LogP) is 2.78. The smallest absolute Gasteiger partial charge is 0.241 e. The van der Waals surface area contributed by atoms with Crippen LogP contribution in [0.2, 0.25) is 0 Å². The van der Waals surface area contributed by atoms with Gasteiger partial charge in [0.05, 0.1) is 10.9 Å². The summed E-state index contributed by atoms with van der Waals surface area (Å²) in [5.74, 6) is 0.298. The third-order valence-corrected chi connectivity index (χ3v) is 4.87. The summed E-state index contributed by atoms with van der Waals surface area (Å²) >= 11 is 0. The first kappa shape index (κ1) is 12.6. The van der Waals surface area contributed by atoms with E-state index in [-0.39, 0.29) is 11.8 Å². The van der Waals surface area contributed by atoms with Crippen molar-refractivity contribution in [2.24, 2.45) is 5.41 Å². The summed E-state index contributed by atoms with van der Waals surface area (Å²) in [5, 5.41) is 7.94. The zero-order valence-corrected chi connectivity index (χ0v) is 11.8. The summed E-state index contributed by atoms with van der Waals surface area (Å²) in [4.78, 5) is 26.6. The number of carbonyl (C=O) groups excluding carboxylic acids is 2. The molecule has 5 nitrogen and oxygen atoms in total. The Kier molecular flexibility index (Phi) is 2.64. The van der Waals surface area contributed by atoms with Crippen LogP contribution in [0.25, 0.3) is 10.9 Å². The molecule has 4 rings (SSSR count). The van der Waals surface area contributed by atoms with E-state index in [0.29, 0.717) is 12.2 Å². The van der Waals surface area contributed by atoms with Gasteiger partial charge < -0.3 is 0 Å². The molecule has 2 heterocycles.